The third-order valence-electron chi connectivity index (χ3n) is 2.61. The predicted octanol–water partition coefficient (Wildman–Crippen LogP) is 5.32. The molecule has 2 aromatic carbocycles. The first-order valence-electron chi connectivity index (χ1n) is 5.39. The lowest BCUT2D eigenvalue weighted by atomic mass is 9.96. The molecule has 0 radical (unpaired) electrons. The minimum atomic E-state index is -0.604. The van der Waals surface area contributed by atoms with Crippen molar-refractivity contribution in [3.63, 3.8) is 0 Å². The Morgan fingerprint density at radius 1 is 1.06 bits per heavy atom. The summed E-state index contributed by atoms with van der Waals surface area (Å²) in [7, 11) is 0. The first-order valence-corrected chi connectivity index (χ1v) is 5.77. The molecule has 0 N–H and O–H groups in total. The lowest BCUT2D eigenvalue weighted by Gasteiger charge is -2.10. The van der Waals surface area contributed by atoms with E-state index in [2.05, 4.69) is 6.58 Å². The first-order chi connectivity index (χ1) is 8.47. The van der Waals surface area contributed by atoms with Gasteiger partial charge in [-0.15, -0.1) is 0 Å². The van der Waals surface area contributed by atoms with Crippen LogP contribution in [0.25, 0.3) is 16.7 Å². The average Bonchev–Trinajstić information content (AvgIpc) is 2.27. The van der Waals surface area contributed by atoms with E-state index in [1.807, 2.05) is 6.92 Å². The quantitative estimate of drug-likeness (QED) is 0.689. The molecule has 0 bridgehead atoms. The highest BCUT2D eigenvalue weighted by Crippen LogP contribution is 2.31. The fourth-order valence-corrected chi connectivity index (χ4v) is 2.00. The number of benzene rings is 2. The Morgan fingerprint density at radius 3 is 2.22 bits per heavy atom. The molecule has 92 valence electrons. The van der Waals surface area contributed by atoms with E-state index in [1.54, 1.807) is 18.2 Å². The minimum Gasteiger partial charge on any atom is -0.207 e. The van der Waals surface area contributed by atoms with Gasteiger partial charge in [-0.25, -0.2) is 8.78 Å². The maximum Gasteiger partial charge on any atom is 0.126 e. The Hall–Kier alpha value is -1.67. The molecule has 0 saturated carbocycles. The summed E-state index contributed by atoms with van der Waals surface area (Å²) in [5.74, 6) is -1.21. The fraction of sp³-hybridized carbons (Fsp3) is 0.0667. The lowest BCUT2D eigenvalue weighted by molar-refractivity contribution is 0.584. The fourth-order valence-electron chi connectivity index (χ4n) is 1.83. The summed E-state index contributed by atoms with van der Waals surface area (Å²) >= 11 is 5.92. The zero-order valence-corrected chi connectivity index (χ0v) is 10.6. The third-order valence-corrected chi connectivity index (χ3v) is 2.85. The third kappa shape index (κ3) is 2.59. The average molecular weight is 265 g/mol. The highest BCUT2D eigenvalue weighted by atomic mass is 35.5. The van der Waals surface area contributed by atoms with Gasteiger partial charge in [0.1, 0.15) is 11.6 Å². The van der Waals surface area contributed by atoms with Gasteiger partial charge in [0.05, 0.1) is 0 Å². The monoisotopic (exact) mass is 264 g/mol. The molecule has 18 heavy (non-hydrogen) atoms. The van der Waals surface area contributed by atoms with E-state index in [-0.39, 0.29) is 0 Å². The van der Waals surface area contributed by atoms with Crippen LogP contribution in [0.5, 0.6) is 0 Å². The second-order valence-corrected chi connectivity index (χ2v) is 4.56. The molecule has 0 fully saturated rings. The number of halogens is 3. The molecule has 0 amide bonds. The molecule has 0 aliphatic rings. The molecule has 0 aromatic heterocycles. The SMILES string of the molecule is C=C(C)c1cc(Cl)ccc1-c1cc(F)cc(F)c1. The molecule has 0 aliphatic carbocycles. The van der Waals surface area contributed by atoms with Gasteiger partial charge in [-0.05, 0) is 47.9 Å². The number of hydrogen-bond donors (Lipinski definition) is 0. The van der Waals surface area contributed by atoms with E-state index in [4.69, 9.17) is 11.6 Å². The normalized spacial score (nSPS) is 10.4. The van der Waals surface area contributed by atoms with E-state index in [0.717, 1.165) is 17.2 Å². The lowest BCUT2D eigenvalue weighted by Crippen LogP contribution is -1.89. The van der Waals surface area contributed by atoms with Crippen molar-refractivity contribution in [3.05, 3.63) is 65.2 Å². The largest absolute Gasteiger partial charge is 0.207 e. The summed E-state index contributed by atoms with van der Waals surface area (Å²) in [6.45, 7) is 5.68. The van der Waals surface area contributed by atoms with Crippen molar-refractivity contribution < 1.29 is 8.78 Å². The summed E-state index contributed by atoms with van der Waals surface area (Å²) in [5.41, 5.74) is 2.76. The van der Waals surface area contributed by atoms with E-state index < -0.39 is 11.6 Å². The van der Waals surface area contributed by atoms with Gasteiger partial charge in [0.2, 0.25) is 0 Å². The molecule has 0 aliphatic heterocycles. The first kappa shape index (κ1) is 12.8. The Morgan fingerprint density at radius 2 is 1.67 bits per heavy atom. The van der Waals surface area contributed by atoms with Crippen LogP contribution in [0.4, 0.5) is 8.78 Å². The summed E-state index contributed by atoms with van der Waals surface area (Å²) in [6.07, 6.45) is 0. The molecular weight excluding hydrogens is 254 g/mol. The van der Waals surface area contributed by atoms with Crippen LogP contribution >= 0.6 is 11.6 Å². The Labute approximate surface area is 110 Å². The highest BCUT2D eigenvalue weighted by molar-refractivity contribution is 6.30. The Kier molecular flexibility index (Phi) is 3.48. The van der Waals surface area contributed by atoms with Crippen LogP contribution in [0.15, 0.2) is 43.0 Å². The molecule has 0 atom stereocenters. The van der Waals surface area contributed by atoms with Crippen LogP contribution in [0.2, 0.25) is 5.02 Å². The molecule has 0 unspecified atom stereocenters. The zero-order chi connectivity index (χ0) is 13.3. The van der Waals surface area contributed by atoms with Crippen LogP contribution in [0.3, 0.4) is 0 Å². The van der Waals surface area contributed by atoms with Crippen molar-refractivity contribution in [1.82, 2.24) is 0 Å². The molecular formula is C15H11ClF2. The molecule has 2 rings (SSSR count). The molecule has 0 heterocycles. The van der Waals surface area contributed by atoms with Crippen LogP contribution in [-0.2, 0) is 0 Å². The van der Waals surface area contributed by atoms with Crippen molar-refractivity contribution in [3.8, 4) is 11.1 Å². The van der Waals surface area contributed by atoms with E-state index in [1.165, 1.54) is 12.1 Å². The zero-order valence-electron chi connectivity index (χ0n) is 9.81. The molecule has 2 aromatic rings. The van der Waals surface area contributed by atoms with Crippen LogP contribution in [0.1, 0.15) is 12.5 Å². The second kappa shape index (κ2) is 4.91. The van der Waals surface area contributed by atoms with Gasteiger partial charge in [0.25, 0.3) is 0 Å². The van der Waals surface area contributed by atoms with E-state index in [9.17, 15) is 8.78 Å². The van der Waals surface area contributed by atoms with E-state index in [0.29, 0.717) is 16.1 Å². The van der Waals surface area contributed by atoms with E-state index >= 15 is 0 Å². The summed E-state index contributed by atoms with van der Waals surface area (Å²) in [4.78, 5) is 0. The minimum absolute atomic E-state index is 0.474. The van der Waals surface area contributed by atoms with Crippen molar-refractivity contribution in [1.29, 1.82) is 0 Å². The molecule has 0 saturated heterocycles. The van der Waals surface area contributed by atoms with Gasteiger partial charge >= 0.3 is 0 Å². The molecule has 0 nitrogen and oxygen atoms in total. The van der Waals surface area contributed by atoms with Crippen molar-refractivity contribution in [2.75, 3.05) is 0 Å². The van der Waals surface area contributed by atoms with Crippen molar-refractivity contribution >= 4 is 17.2 Å². The van der Waals surface area contributed by atoms with Gasteiger partial charge in [-0.1, -0.05) is 29.8 Å². The predicted molar refractivity (Wildman–Crippen MR) is 71.5 cm³/mol. The Balaban J connectivity index is 2.66. The van der Waals surface area contributed by atoms with Crippen LogP contribution in [0, 0.1) is 11.6 Å². The maximum atomic E-state index is 13.2. The molecule has 3 heteroatoms. The van der Waals surface area contributed by atoms with Crippen molar-refractivity contribution in [2.24, 2.45) is 0 Å². The number of hydrogen-bond acceptors (Lipinski definition) is 0. The molecule has 0 spiro atoms. The second-order valence-electron chi connectivity index (χ2n) is 4.13. The summed E-state index contributed by atoms with van der Waals surface area (Å²) in [5, 5.41) is 0.564. The number of allylic oxidation sites excluding steroid dienone is 1. The standard InChI is InChI=1S/C15H11ClF2/c1-9(2)15-7-11(16)3-4-14(15)10-5-12(17)8-13(18)6-10/h3-8H,1H2,2H3. The maximum absolute atomic E-state index is 13.2. The van der Waals surface area contributed by atoms with Gasteiger partial charge < -0.3 is 0 Å². The van der Waals surface area contributed by atoms with Crippen LogP contribution in [-0.4, -0.2) is 0 Å². The van der Waals surface area contributed by atoms with Crippen LogP contribution < -0.4 is 0 Å². The summed E-state index contributed by atoms with van der Waals surface area (Å²) < 4.78 is 26.5. The topological polar surface area (TPSA) is 0 Å². The highest BCUT2D eigenvalue weighted by Gasteiger charge is 2.09. The van der Waals surface area contributed by atoms with Gasteiger partial charge in [0, 0.05) is 11.1 Å². The van der Waals surface area contributed by atoms with Gasteiger partial charge in [-0.2, -0.15) is 0 Å². The van der Waals surface area contributed by atoms with Crippen molar-refractivity contribution in [2.45, 2.75) is 6.92 Å². The van der Waals surface area contributed by atoms with Gasteiger partial charge in [0.15, 0.2) is 0 Å². The smallest absolute Gasteiger partial charge is 0.126 e. The Bertz CT molecular complexity index is 598. The number of rotatable bonds is 2. The summed E-state index contributed by atoms with van der Waals surface area (Å²) in [6, 6.07) is 8.59. The van der Waals surface area contributed by atoms with Gasteiger partial charge in [-0.3, -0.25) is 0 Å².